The van der Waals surface area contributed by atoms with Gasteiger partial charge in [-0.05, 0) is 65.7 Å². The van der Waals surface area contributed by atoms with Gasteiger partial charge in [-0.15, -0.1) is 0 Å². The summed E-state index contributed by atoms with van der Waals surface area (Å²) in [5, 5.41) is 15.1. The Labute approximate surface area is 171 Å². The van der Waals surface area contributed by atoms with Crippen molar-refractivity contribution < 1.29 is 14.5 Å². The molecule has 146 valence electrons. The van der Waals surface area contributed by atoms with Gasteiger partial charge in [-0.3, -0.25) is 14.9 Å². The fourth-order valence-electron chi connectivity index (χ4n) is 2.39. The Hall–Kier alpha value is -3.71. The number of carbonyl (C=O) groups is 1. The van der Waals surface area contributed by atoms with Gasteiger partial charge in [0.1, 0.15) is 12.4 Å². The molecule has 1 N–H and O–H groups in total. The van der Waals surface area contributed by atoms with Gasteiger partial charge >= 0.3 is 0 Å². The first kappa shape index (κ1) is 20.0. The predicted molar refractivity (Wildman–Crippen MR) is 110 cm³/mol. The molecule has 0 fully saturated rings. The number of hydrogen-bond acceptors (Lipinski definition) is 5. The Morgan fingerprint density at radius 2 is 1.83 bits per heavy atom. The van der Waals surface area contributed by atoms with Gasteiger partial charge in [-0.1, -0.05) is 17.7 Å². The SMILES string of the molecule is O=C(N/N=C\c1ccc(OCc2ccc([N+](=O)[O-])cc2)cc1)c1cccc(Cl)c1. The van der Waals surface area contributed by atoms with Crippen molar-refractivity contribution in [3.05, 3.63) is 105 Å². The number of carbonyl (C=O) groups excluding carboxylic acids is 1. The van der Waals surface area contributed by atoms with Crippen molar-refractivity contribution in [2.45, 2.75) is 6.61 Å². The molecule has 0 saturated carbocycles. The zero-order valence-electron chi connectivity index (χ0n) is 15.1. The molecule has 29 heavy (non-hydrogen) atoms. The summed E-state index contributed by atoms with van der Waals surface area (Å²) in [6.45, 7) is 0.293. The minimum Gasteiger partial charge on any atom is -0.489 e. The molecule has 1 amide bonds. The van der Waals surface area contributed by atoms with Crippen LogP contribution in [-0.2, 0) is 6.61 Å². The van der Waals surface area contributed by atoms with E-state index in [0.717, 1.165) is 11.1 Å². The van der Waals surface area contributed by atoms with Crippen molar-refractivity contribution in [2.75, 3.05) is 0 Å². The first-order valence-electron chi connectivity index (χ1n) is 8.56. The third-order valence-corrected chi connectivity index (χ3v) is 4.13. The van der Waals surface area contributed by atoms with E-state index < -0.39 is 4.92 Å². The Bertz CT molecular complexity index is 1030. The smallest absolute Gasteiger partial charge is 0.271 e. The van der Waals surface area contributed by atoms with E-state index in [4.69, 9.17) is 16.3 Å². The summed E-state index contributed by atoms with van der Waals surface area (Å²) < 4.78 is 5.66. The molecule has 0 saturated heterocycles. The summed E-state index contributed by atoms with van der Waals surface area (Å²) in [6, 6.07) is 19.9. The summed E-state index contributed by atoms with van der Waals surface area (Å²) in [6.07, 6.45) is 1.52. The topological polar surface area (TPSA) is 93.8 Å². The Morgan fingerprint density at radius 3 is 2.48 bits per heavy atom. The third kappa shape index (κ3) is 5.88. The van der Waals surface area contributed by atoms with E-state index >= 15 is 0 Å². The Kier molecular flexibility index (Phi) is 6.55. The van der Waals surface area contributed by atoms with E-state index in [1.165, 1.54) is 18.3 Å². The van der Waals surface area contributed by atoms with Gasteiger partial charge < -0.3 is 4.74 Å². The van der Waals surface area contributed by atoms with Crippen molar-refractivity contribution in [1.29, 1.82) is 0 Å². The van der Waals surface area contributed by atoms with E-state index in [9.17, 15) is 14.9 Å². The average Bonchev–Trinajstić information content (AvgIpc) is 2.73. The van der Waals surface area contributed by atoms with E-state index in [-0.39, 0.29) is 11.6 Å². The van der Waals surface area contributed by atoms with Crippen LogP contribution in [0.4, 0.5) is 5.69 Å². The molecule has 0 aliphatic carbocycles. The van der Waals surface area contributed by atoms with Crippen molar-refractivity contribution in [1.82, 2.24) is 5.43 Å². The third-order valence-electron chi connectivity index (χ3n) is 3.90. The maximum atomic E-state index is 12.0. The molecule has 0 aromatic heterocycles. The van der Waals surface area contributed by atoms with E-state index in [1.54, 1.807) is 60.7 Å². The highest BCUT2D eigenvalue weighted by Crippen LogP contribution is 2.16. The van der Waals surface area contributed by atoms with Crippen molar-refractivity contribution in [3.8, 4) is 5.75 Å². The van der Waals surface area contributed by atoms with Gasteiger partial charge in [-0.25, -0.2) is 5.43 Å². The lowest BCUT2D eigenvalue weighted by atomic mass is 10.2. The number of nitrogens with one attached hydrogen (secondary N) is 1. The monoisotopic (exact) mass is 409 g/mol. The summed E-state index contributed by atoms with van der Waals surface area (Å²) in [5.41, 5.74) is 4.50. The van der Waals surface area contributed by atoms with E-state index in [1.807, 2.05) is 0 Å². The summed E-state index contributed by atoms with van der Waals surface area (Å²) in [5.74, 6) is 0.287. The second-order valence-electron chi connectivity index (χ2n) is 5.99. The quantitative estimate of drug-likeness (QED) is 0.351. The Morgan fingerprint density at radius 1 is 1.10 bits per heavy atom. The molecule has 3 rings (SSSR count). The van der Waals surface area contributed by atoms with Crippen LogP contribution in [0, 0.1) is 10.1 Å². The molecule has 8 heteroatoms. The van der Waals surface area contributed by atoms with Crippen LogP contribution in [0.25, 0.3) is 0 Å². The molecular weight excluding hydrogens is 394 g/mol. The standard InChI is InChI=1S/C21H16ClN3O4/c22-18-3-1-2-17(12-18)21(26)24-23-13-15-6-10-20(11-7-15)29-14-16-4-8-19(9-5-16)25(27)28/h1-13H,14H2,(H,24,26)/b23-13-. The molecule has 0 radical (unpaired) electrons. The van der Waals surface area contributed by atoms with Gasteiger partial charge in [0.2, 0.25) is 0 Å². The number of ether oxygens (including phenoxy) is 1. The summed E-state index contributed by atoms with van der Waals surface area (Å²) >= 11 is 5.86. The molecule has 3 aromatic rings. The number of benzene rings is 3. The Balaban J connectivity index is 1.51. The highest BCUT2D eigenvalue weighted by atomic mass is 35.5. The largest absolute Gasteiger partial charge is 0.489 e. The van der Waals surface area contributed by atoms with Gasteiger partial charge in [0, 0.05) is 22.7 Å². The summed E-state index contributed by atoms with van der Waals surface area (Å²) in [4.78, 5) is 22.2. The van der Waals surface area contributed by atoms with Crippen molar-refractivity contribution in [3.63, 3.8) is 0 Å². The van der Waals surface area contributed by atoms with Gasteiger partial charge in [0.25, 0.3) is 11.6 Å². The van der Waals surface area contributed by atoms with Crippen molar-refractivity contribution >= 4 is 29.4 Å². The molecule has 0 unspecified atom stereocenters. The molecule has 0 aliphatic heterocycles. The molecular formula is C21H16ClN3O4. The van der Waals surface area contributed by atoms with E-state index in [2.05, 4.69) is 10.5 Å². The molecule has 0 heterocycles. The lowest BCUT2D eigenvalue weighted by Gasteiger charge is -2.06. The van der Waals surface area contributed by atoms with Gasteiger partial charge in [0.05, 0.1) is 11.1 Å². The number of non-ortho nitro benzene ring substituents is 1. The molecule has 7 nitrogen and oxygen atoms in total. The normalized spacial score (nSPS) is 10.7. The zero-order chi connectivity index (χ0) is 20.6. The zero-order valence-corrected chi connectivity index (χ0v) is 15.9. The lowest BCUT2D eigenvalue weighted by molar-refractivity contribution is -0.384. The predicted octanol–water partition coefficient (Wildman–Crippen LogP) is 4.59. The molecule has 3 aromatic carbocycles. The van der Waals surface area contributed by atoms with E-state index in [0.29, 0.717) is 22.9 Å². The first-order chi connectivity index (χ1) is 14.0. The number of halogens is 1. The number of nitrogens with zero attached hydrogens (tertiary/aromatic N) is 2. The highest BCUT2D eigenvalue weighted by molar-refractivity contribution is 6.30. The second-order valence-corrected chi connectivity index (χ2v) is 6.43. The molecule has 0 spiro atoms. The lowest BCUT2D eigenvalue weighted by Crippen LogP contribution is -2.17. The number of nitro benzene ring substituents is 1. The van der Waals surface area contributed by atoms with Crippen LogP contribution in [-0.4, -0.2) is 17.0 Å². The number of hydrogen-bond donors (Lipinski definition) is 1. The molecule has 0 aliphatic rings. The number of hydrazone groups is 1. The van der Waals surface area contributed by atoms with Crippen LogP contribution in [0.5, 0.6) is 5.75 Å². The van der Waals surface area contributed by atoms with Gasteiger partial charge in [-0.2, -0.15) is 5.10 Å². The fourth-order valence-corrected chi connectivity index (χ4v) is 2.58. The molecule has 0 bridgehead atoms. The van der Waals surface area contributed by atoms with Crippen molar-refractivity contribution in [2.24, 2.45) is 5.10 Å². The minimum atomic E-state index is -0.442. The average molecular weight is 410 g/mol. The number of rotatable bonds is 7. The molecule has 0 atom stereocenters. The van der Waals surface area contributed by atoms with Gasteiger partial charge in [0.15, 0.2) is 0 Å². The van der Waals surface area contributed by atoms with Crippen LogP contribution in [0.15, 0.2) is 77.9 Å². The van der Waals surface area contributed by atoms with Crippen LogP contribution >= 0.6 is 11.6 Å². The number of amides is 1. The van der Waals surface area contributed by atoms with Crippen LogP contribution in [0.2, 0.25) is 5.02 Å². The maximum Gasteiger partial charge on any atom is 0.271 e. The first-order valence-corrected chi connectivity index (χ1v) is 8.94. The van der Waals surface area contributed by atoms with Crippen LogP contribution in [0.1, 0.15) is 21.5 Å². The minimum absolute atomic E-state index is 0.0415. The van der Waals surface area contributed by atoms with Crippen LogP contribution < -0.4 is 10.2 Å². The second kappa shape index (κ2) is 9.48. The number of nitro groups is 1. The fraction of sp³-hybridized carbons (Fsp3) is 0.0476. The van der Waals surface area contributed by atoms with Crippen LogP contribution in [0.3, 0.4) is 0 Å². The highest BCUT2D eigenvalue weighted by Gasteiger charge is 2.05. The maximum absolute atomic E-state index is 12.0. The summed E-state index contributed by atoms with van der Waals surface area (Å²) in [7, 11) is 0.